The molecule has 1 atom stereocenters. The van der Waals surface area contributed by atoms with Gasteiger partial charge in [0.1, 0.15) is 5.82 Å². The summed E-state index contributed by atoms with van der Waals surface area (Å²) in [6, 6.07) is 18.9. The van der Waals surface area contributed by atoms with Crippen molar-refractivity contribution in [2.45, 2.75) is 20.3 Å². The van der Waals surface area contributed by atoms with Gasteiger partial charge in [-0.1, -0.05) is 43.0 Å². The fourth-order valence-corrected chi connectivity index (χ4v) is 3.87. The lowest BCUT2D eigenvalue weighted by Gasteiger charge is -2.18. The van der Waals surface area contributed by atoms with E-state index in [4.69, 9.17) is 0 Å². The third kappa shape index (κ3) is 8.66. The maximum atomic E-state index is 14.6. The molecule has 184 valence electrons. The molecule has 1 amide bonds. The van der Waals surface area contributed by atoms with Crippen molar-refractivity contribution < 1.29 is 13.6 Å². The number of anilines is 3. The molecule has 0 aromatic heterocycles. The Bertz CT molecular complexity index is 1190. The van der Waals surface area contributed by atoms with E-state index in [0.29, 0.717) is 31.5 Å². The van der Waals surface area contributed by atoms with Gasteiger partial charge in [-0.25, -0.2) is 4.39 Å². The van der Waals surface area contributed by atoms with Gasteiger partial charge in [0.2, 0.25) is 5.91 Å². The van der Waals surface area contributed by atoms with Crippen molar-refractivity contribution >= 4 is 37.5 Å². The lowest BCUT2D eigenvalue weighted by molar-refractivity contribution is -0.118. The molecule has 0 aliphatic rings. The van der Waals surface area contributed by atoms with E-state index in [2.05, 4.69) is 38.3 Å². The van der Waals surface area contributed by atoms with E-state index in [1.165, 1.54) is 13.0 Å². The Hall–Kier alpha value is -3.50. The summed E-state index contributed by atoms with van der Waals surface area (Å²) in [5.74, 6) is -0.425. The van der Waals surface area contributed by atoms with Crippen molar-refractivity contribution in [3.05, 3.63) is 108 Å². The molecular formula is C28H32F2N3OP. The molecule has 0 aliphatic heterocycles. The van der Waals surface area contributed by atoms with E-state index < -0.39 is 0 Å². The molecule has 3 rings (SSSR count). The summed E-state index contributed by atoms with van der Waals surface area (Å²) in [6.45, 7) is 11.9. The van der Waals surface area contributed by atoms with E-state index in [1.807, 2.05) is 55.5 Å². The normalized spacial score (nSPS) is 10.0. The van der Waals surface area contributed by atoms with Crippen LogP contribution in [0.15, 0.2) is 79.5 Å². The van der Waals surface area contributed by atoms with Gasteiger partial charge >= 0.3 is 0 Å². The highest BCUT2D eigenvalue weighted by molar-refractivity contribution is 7.31. The Labute approximate surface area is 208 Å². The van der Waals surface area contributed by atoms with Gasteiger partial charge < -0.3 is 16.0 Å². The molecular weight excluding hydrogens is 463 g/mol. The minimum Gasteiger partial charge on any atom is -0.358 e. The number of halogens is 2. The summed E-state index contributed by atoms with van der Waals surface area (Å²) < 4.78 is 24.1. The van der Waals surface area contributed by atoms with Crippen molar-refractivity contribution in [2.75, 3.05) is 24.4 Å². The van der Waals surface area contributed by atoms with Gasteiger partial charge in [-0.3, -0.25) is 9.18 Å². The molecule has 3 aromatic carbocycles. The van der Waals surface area contributed by atoms with Crippen molar-refractivity contribution in [1.29, 1.82) is 0 Å². The zero-order valence-corrected chi connectivity index (χ0v) is 21.5. The Morgan fingerprint density at radius 1 is 1.00 bits per heavy atom. The fourth-order valence-electron chi connectivity index (χ4n) is 3.53. The molecule has 3 aromatic rings. The van der Waals surface area contributed by atoms with Crippen molar-refractivity contribution in [2.24, 2.45) is 0 Å². The number of carbonyl (C=O) groups is 1. The second-order valence-electron chi connectivity index (χ2n) is 8.02. The van der Waals surface area contributed by atoms with Crippen LogP contribution in [0.1, 0.15) is 29.2 Å². The first kappa shape index (κ1) is 27.7. The lowest BCUT2D eigenvalue weighted by atomic mass is 9.97. The highest BCUT2D eigenvalue weighted by Crippen LogP contribution is 2.35. The van der Waals surface area contributed by atoms with Crippen molar-refractivity contribution in [3.8, 4) is 0 Å². The number of aryl methyl sites for hydroxylation is 1. The van der Waals surface area contributed by atoms with Gasteiger partial charge in [0.15, 0.2) is 0 Å². The molecule has 0 fully saturated rings. The number of amides is 1. The average Bonchev–Trinajstić information content (AvgIpc) is 2.80. The molecule has 7 heteroatoms. The molecule has 1 unspecified atom stereocenters. The maximum absolute atomic E-state index is 14.6. The highest BCUT2D eigenvalue weighted by atomic mass is 31.0. The first-order valence-electron chi connectivity index (χ1n) is 11.0. The summed E-state index contributed by atoms with van der Waals surface area (Å²) >= 11 is 0. The third-order valence-corrected chi connectivity index (χ3v) is 5.32. The Morgan fingerprint density at radius 2 is 1.69 bits per heavy atom. The molecule has 0 saturated heterocycles. The molecule has 3 N–H and O–H groups in total. The average molecular weight is 496 g/mol. The summed E-state index contributed by atoms with van der Waals surface area (Å²) in [7, 11) is 3.13. The van der Waals surface area contributed by atoms with Crippen molar-refractivity contribution in [3.63, 3.8) is 0 Å². The zero-order chi connectivity index (χ0) is 26.0. The number of carbonyl (C=O) groups excluding carboxylic acids is 1. The number of benzene rings is 3. The van der Waals surface area contributed by atoms with Crippen LogP contribution >= 0.6 is 9.24 Å². The molecule has 0 heterocycles. The summed E-state index contributed by atoms with van der Waals surface area (Å²) in [6.07, 6.45) is 0.525. The number of hydrogen-bond donors (Lipinski definition) is 3. The highest BCUT2D eigenvalue weighted by Gasteiger charge is 2.14. The Morgan fingerprint density at radius 3 is 2.31 bits per heavy atom. The number of alkyl halides is 1. The van der Waals surface area contributed by atoms with E-state index in [0.717, 1.165) is 38.9 Å². The number of rotatable bonds is 9. The van der Waals surface area contributed by atoms with Crippen LogP contribution in [0.2, 0.25) is 0 Å². The standard InChI is InChI=1S/C27H29FN3OP.CH3F/c1-17-8-10-24(11-9-17)31-26-15-23(28)14-22(27(26)19(3)33)12-21-6-5-7-25(13-21)30-18(2)16-29-20(4)32;1-2/h5-11,13-15,30-31H,2-3,12,16,33H2,1,4H3,(H,29,32);1H3. The first-order valence-corrected chi connectivity index (χ1v) is 11.6. The van der Waals surface area contributed by atoms with E-state index in [9.17, 15) is 13.6 Å². The van der Waals surface area contributed by atoms with Gasteiger partial charge in [-0.05, 0) is 66.2 Å². The molecule has 0 spiro atoms. The van der Waals surface area contributed by atoms with Gasteiger partial charge in [0.25, 0.3) is 0 Å². The van der Waals surface area contributed by atoms with Crippen LogP contribution in [0.4, 0.5) is 25.8 Å². The monoisotopic (exact) mass is 495 g/mol. The second-order valence-corrected chi connectivity index (χ2v) is 8.72. The predicted octanol–water partition coefficient (Wildman–Crippen LogP) is 6.96. The van der Waals surface area contributed by atoms with Crippen LogP contribution in [-0.4, -0.2) is 19.6 Å². The quantitative estimate of drug-likeness (QED) is 0.281. The first-order chi connectivity index (χ1) is 16.7. The predicted molar refractivity (Wildman–Crippen MR) is 147 cm³/mol. The number of nitrogens with one attached hydrogen (secondary N) is 3. The fraction of sp³-hybridized carbons (Fsp3) is 0.179. The molecule has 0 saturated carbocycles. The SMILES string of the molecule is C=C(CNC(C)=O)Nc1cccc(Cc2cc(F)cc(Nc3ccc(C)cc3)c2C(=C)P)c1.CF. The van der Waals surface area contributed by atoms with Crippen LogP contribution < -0.4 is 16.0 Å². The Balaban J connectivity index is 0.00000210. The molecule has 0 radical (unpaired) electrons. The topological polar surface area (TPSA) is 53.2 Å². The van der Waals surface area contributed by atoms with Crippen LogP contribution in [0.5, 0.6) is 0 Å². The van der Waals surface area contributed by atoms with Gasteiger partial charge in [0.05, 0.1) is 13.7 Å². The minimum absolute atomic E-state index is 0.113. The van der Waals surface area contributed by atoms with E-state index in [-0.39, 0.29) is 11.7 Å². The Kier molecular flexibility index (Phi) is 10.6. The largest absolute Gasteiger partial charge is 0.358 e. The summed E-state index contributed by atoms with van der Waals surface area (Å²) in [5, 5.41) is 10.0. The summed E-state index contributed by atoms with van der Waals surface area (Å²) in [4.78, 5) is 11.1. The molecule has 35 heavy (non-hydrogen) atoms. The van der Waals surface area contributed by atoms with Gasteiger partial charge in [0, 0.05) is 35.2 Å². The summed E-state index contributed by atoms with van der Waals surface area (Å²) in [5.41, 5.74) is 6.95. The van der Waals surface area contributed by atoms with Crippen LogP contribution in [-0.2, 0) is 11.2 Å². The van der Waals surface area contributed by atoms with Crippen molar-refractivity contribution in [1.82, 2.24) is 5.32 Å². The van der Waals surface area contributed by atoms with Crippen LogP contribution in [0.25, 0.3) is 5.31 Å². The molecule has 4 nitrogen and oxygen atoms in total. The minimum atomic E-state index is -0.312. The smallest absolute Gasteiger partial charge is 0.217 e. The molecule has 0 bridgehead atoms. The molecule has 0 aliphatic carbocycles. The van der Waals surface area contributed by atoms with Crippen LogP contribution in [0, 0.1) is 12.7 Å². The lowest BCUT2D eigenvalue weighted by Crippen LogP contribution is -2.24. The zero-order valence-electron chi connectivity index (χ0n) is 20.3. The van der Waals surface area contributed by atoms with Gasteiger partial charge in [-0.15, -0.1) is 9.24 Å². The third-order valence-electron chi connectivity index (χ3n) is 5.03. The van der Waals surface area contributed by atoms with Gasteiger partial charge in [-0.2, -0.15) is 0 Å². The van der Waals surface area contributed by atoms with E-state index >= 15 is 0 Å². The van der Waals surface area contributed by atoms with E-state index in [1.54, 1.807) is 6.07 Å². The number of hydrogen-bond acceptors (Lipinski definition) is 3. The maximum Gasteiger partial charge on any atom is 0.217 e. The second kappa shape index (κ2) is 13.4. The van der Waals surface area contributed by atoms with Crippen LogP contribution in [0.3, 0.4) is 0 Å².